The van der Waals surface area contributed by atoms with E-state index in [1.807, 2.05) is 69.8 Å². The van der Waals surface area contributed by atoms with Gasteiger partial charge in [-0.2, -0.15) is 0 Å². The molecule has 8 N–H and O–H groups in total. The molecular weight excluding hydrogens is 893 g/mol. The molecule has 2 aliphatic rings. The van der Waals surface area contributed by atoms with Crippen LogP contribution in [0.2, 0.25) is 0 Å². The Labute approximate surface area is 403 Å². The summed E-state index contributed by atoms with van der Waals surface area (Å²) in [6, 6.07) is 31.2. The van der Waals surface area contributed by atoms with E-state index in [4.69, 9.17) is 30.9 Å². The third-order valence-corrected chi connectivity index (χ3v) is 13.3. The Kier molecular flexibility index (Phi) is 13.7. The molecule has 18 nitrogen and oxygen atoms in total. The third kappa shape index (κ3) is 9.81. The van der Waals surface area contributed by atoms with Gasteiger partial charge < -0.3 is 51.2 Å². The average Bonchev–Trinajstić information content (AvgIpc) is 4.01. The first-order valence-electron chi connectivity index (χ1n) is 23.4. The molecule has 2 saturated heterocycles. The number of carbonyl (C=O) groups excluding carboxylic acids is 1. The van der Waals surface area contributed by atoms with Gasteiger partial charge in [-0.1, -0.05) is 31.2 Å². The van der Waals surface area contributed by atoms with Crippen LogP contribution >= 0.6 is 0 Å². The molecule has 4 aromatic carbocycles. The van der Waals surface area contributed by atoms with E-state index in [1.165, 1.54) is 6.92 Å². The molecule has 4 aromatic heterocycles. The van der Waals surface area contributed by atoms with Crippen LogP contribution in [-0.2, 0) is 9.59 Å². The summed E-state index contributed by atoms with van der Waals surface area (Å²) in [5.74, 6) is 1.44. The first-order chi connectivity index (χ1) is 33.8. The molecule has 2 aliphatic heterocycles. The molecular formula is C52H58N10O8. The van der Waals surface area contributed by atoms with Crippen LogP contribution in [0.25, 0.3) is 55.5 Å². The van der Waals surface area contributed by atoms with Crippen LogP contribution in [0.15, 0.2) is 110 Å². The second-order valence-electron chi connectivity index (χ2n) is 18.9. The van der Waals surface area contributed by atoms with Gasteiger partial charge in [-0.05, 0) is 86.8 Å². The number of amides is 1. The first-order valence-corrected chi connectivity index (χ1v) is 23.4. The average molecular weight is 951 g/mol. The van der Waals surface area contributed by atoms with E-state index in [9.17, 15) is 30.0 Å². The zero-order valence-corrected chi connectivity index (χ0v) is 39.2. The number of aliphatic carboxylic acids is 1. The maximum Gasteiger partial charge on any atom is 0.315 e. The SMILES string of the molecule is CC(CO)(CO)COc1ccc2c(c1)ncn2-c1ccc2cccc(N3CCC(N)CC3=O)c2n1.CC(CO)(COc1ccc2c(c1)ncn2-c1ccc2cccc(N3CCC(N)CC3)c2n1)C(=O)O. The van der Waals surface area contributed by atoms with E-state index in [0.717, 1.165) is 87.9 Å². The number of benzene rings is 4. The van der Waals surface area contributed by atoms with E-state index in [2.05, 4.69) is 39.1 Å². The molecule has 0 saturated carbocycles. The summed E-state index contributed by atoms with van der Waals surface area (Å²) in [5.41, 5.74) is 16.7. The van der Waals surface area contributed by atoms with Gasteiger partial charge in [0.25, 0.3) is 0 Å². The highest BCUT2D eigenvalue weighted by Gasteiger charge is 2.34. The van der Waals surface area contributed by atoms with Gasteiger partial charge in [0.1, 0.15) is 47.8 Å². The third-order valence-electron chi connectivity index (χ3n) is 13.3. The van der Waals surface area contributed by atoms with Crippen LogP contribution < -0.4 is 30.7 Å². The summed E-state index contributed by atoms with van der Waals surface area (Å²) < 4.78 is 15.3. The normalized spacial score (nSPS) is 16.7. The van der Waals surface area contributed by atoms with Crippen LogP contribution in [0.1, 0.15) is 39.5 Å². The summed E-state index contributed by atoms with van der Waals surface area (Å²) in [4.78, 5) is 47.2. The monoisotopic (exact) mass is 950 g/mol. The number of piperidine rings is 2. The van der Waals surface area contributed by atoms with Gasteiger partial charge in [0.15, 0.2) is 0 Å². The zero-order chi connectivity index (χ0) is 49.2. The van der Waals surface area contributed by atoms with Crippen molar-refractivity contribution in [3.8, 4) is 23.1 Å². The lowest BCUT2D eigenvalue weighted by atomic mass is 9.93. The van der Waals surface area contributed by atoms with Crippen LogP contribution in [-0.4, -0.2) is 126 Å². The number of carbonyl (C=O) groups is 2. The fourth-order valence-electron chi connectivity index (χ4n) is 8.58. The maximum absolute atomic E-state index is 12.7. The van der Waals surface area contributed by atoms with Crippen molar-refractivity contribution in [1.82, 2.24) is 29.1 Å². The summed E-state index contributed by atoms with van der Waals surface area (Å²) in [7, 11) is 0. The quantitative estimate of drug-likeness (QED) is 0.0803. The van der Waals surface area contributed by atoms with Gasteiger partial charge in [-0.15, -0.1) is 0 Å². The van der Waals surface area contributed by atoms with E-state index < -0.39 is 23.4 Å². The van der Waals surface area contributed by atoms with Gasteiger partial charge in [-0.3, -0.25) is 18.7 Å². The topological polar surface area (TPSA) is 253 Å². The van der Waals surface area contributed by atoms with Crippen LogP contribution in [0, 0.1) is 10.8 Å². The smallest absolute Gasteiger partial charge is 0.315 e. The Morgan fingerprint density at radius 2 is 1.20 bits per heavy atom. The number of anilines is 2. The molecule has 0 spiro atoms. The molecule has 70 heavy (non-hydrogen) atoms. The summed E-state index contributed by atoms with van der Waals surface area (Å²) in [6.07, 6.45) is 6.46. The van der Waals surface area contributed by atoms with E-state index in [1.54, 1.807) is 36.6 Å². The predicted octanol–water partition coefficient (Wildman–Crippen LogP) is 5.36. The number of rotatable bonds is 14. The lowest BCUT2D eigenvalue weighted by Crippen LogP contribution is -2.44. The van der Waals surface area contributed by atoms with Gasteiger partial charge >= 0.3 is 5.97 Å². The standard InChI is InChI=1S/2C26H29N5O4/c1-26(14-32,25(33)34)15-35-19-6-7-21-20(13-19)28-16-31(21)23-8-5-17-3-2-4-22(24(17)29-23)30-11-9-18(27)10-12-30;1-26(13-32,14-33)15-35-19-6-7-21-20(12-19)28-16-31(21)23-8-5-17-3-2-4-22(25(17)29-23)30-10-9-18(27)11-24(30)34/h2-8,13,16,18,32H,9-12,14-15,27H2,1H3,(H,33,34);2-8,12,16,18,32-33H,9-11,13-15,27H2,1H3. The maximum atomic E-state index is 12.7. The molecule has 2 unspecified atom stereocenters. The van der Waals surface area contributed by atoms with Crippen molar-refractivity contribution in [2.75, 3.05) is 62.5 Å². The second-order valence-corrected chi connectivity index (χ2v) is 18.9. The zero-order valence-electron chi connectivity index (χ0n) is 39.2. The van der Waals surface area contributed by atoms with Crippen molar-refractivity contribution < 1.29 is 39.5 Å². The lowest BCUT2D eigenvalue weighted by molar-refractivity contribution is -0.152. The van der Waals surface area contributed by atoms with Gasteiger partial charge in [0, 0.05) is 66.5 Å². The number of fused-ring (bicyclic) bond motifs is 4. The number of imidazole rings is 2. The van der Waals surface area contributed by atoms with Gasteiger partial charge in [0.05, 0.1) is 70.9 Å². The number of nitrogens with zero attached hydrogens (tertiary/aromatic N) is 8. The molecule has 2 atom stereocenters. The van der Waals surface area contributed by atoms with E-state index in [0.29, 0.717) is 35.8 Å². The number of aliphatic hydroxyl groups excluding tert-OH is 3. The molecule has 0 bridgehead atoms. The number of hydrogen-bond acceptors (Lipinski definition) is 14. The van der Waals surface area contributed by atoms with Crippen molar-refractivity contribution in [2.45, 2.75) is 51.6 Å². The number of carboxylic acid groups (broad SMARTS) is 1. The number of nitrogens with two attached hydrogens (primary N) is 2. The minimum Gasteiger partial charge on any atom is -0.493 e. The molecule has 18 heteroatoms. The molecule has 10 rings (SSSR count). The fraction of sp³-hybridized carbons (Fsp3) is 0.346. The summed E-state index contributed by atoms with van der Waals surface area (Å²) >= 11 is 0. The number of aromatic nitrogens is 6. The Morgan fingerprint density at radius 1 is 0.671 bits per heavy atom. The Hall–Kier alpha value is -7.22. The van der Waals surface area contributed by atoms with Crippen molar-refractivity contribution in [2.24, 2.45) is 22.3 Å². The highest BCUT2D eigenvalue weighted by molar-refractivity contribution is 6.03. The molecule has 0 aliphatic carbocycles. The largest absolute Gasteiger partial charge is 0.493 e. The predicted molar refractivity (Wildman–Crippen MR) is 268 cm³/mol. The summed E-state index contributed by atoms with van der Waals surface area (Å²) in [5, 5.41) is 39.7. The molecule has 1 amide bonds. The molecule has 2 fully saturated rings. The Bertz CT molecular complexity index is 3180. The molecule has 6 heterocycles. The highest BCUT2D eigenvalue weighted by atomic mass is 16.5. The lowest BCUT2D eigenvalue weighted by Gasteiger charge is -2.32. The Morgan fingerprint density at radius 3 is 1.73 bits per heavy atom. The second kappa shape index (κ2) is 20.0. The van der Waals surface area contributed by atoms with Gasteiger partial charge in [0.2, 0.25) is 5.91 Å². The first kappa shape index (κ1) is 47.8. The van der Waals surface area contributed by atoms with Crippen molar-refractivity contribution >= 4 is 67.1 Å². The van der Waals surface area contributed by atoms with Crippen molar-refractivity contribution in [3.05, 3.63) is 110 Å². The fourth-order valence-corrected chi connectivity index (χ4v) is 8.58. The number of hydrogen-bond donors (Lipinski definition) is 6. The molecule has 364 valence electrons. The molecule has 0 radical (unpaired) electrons. The number of para-hydroxylation sites is 2. The van der Waals surface area contributed by atoms with E-state index in [-0.39, 0.29) is 44.4 Å². The molecule has 8 aromatic rings. The van der Waals surface area contributed by atoms with Crippen molar-refractivity contribution in [1.29, 1.82) is 0 Å². The minimum atomic E-state index is -1.37. The van der Waals surface area contributed by atoms with Crippen LogP contribution in [0.3, 0.4) is 0 Å². The van der Waals surface area contributed by atoms with Crippen molar-refractivity contribution in [3.63, 3.8) is 0 Å². The van der Waals surface area contributed by atoms with Gasteiger partial charge in [-0.25, -0.2) is 19.9 Å². The number of carboxylic acids is 1. The number of aliphatic hydroxyl groups is 3. The summed E-state index contributed by atoms with van der Waals surface area (Å²) in [6.45, 7) is 4.78. The number of ether oxygens (including phenoxy) is 2. The van der Waals surface area contributed by atoms with Crippen LogP contribution in [0.4, 0.5) is 11.4 Å². The van der Waals surface area contributed by atoms with Crippen LogP contribution in [0.5, 0.6) is 11.5 Å². The minimum absolute atomic E-state index is 0.0163. The number of pyridine rings is 2. The Balaban J connectivity index is 0.000000174. The highest BCUT2D eigenvalue weighted by Crippen LogP contribution is 2.33. The van der Waals surface area contributed by atoms with E-state index >= 15 is 0 Å².